The number of nitrogens with two attached hydrogens (primary N) is 1. The second kappa shape index (κ2) is 8.09. The molecule has 1 aromatic carbocycles. The Labute approximate surface area is 122 Å². The first-order valence-corrected chi connectivity index (χ1v) is 7.70. The van der Waals surface area contributed by atoms with Crippen molar-refractivity contribution in [3.63, 3.8) is 0 Å². The maximum absolute atomic E-state index is 8.94. The van der Waals surface area contributed by atoms with Crippen LogP contribution in [0, 0.1) is 17.8 Å². The Bertz CT molecular complexity index is 466. The number of rotatable bonds is 5. The van der Waals surface area contributed by atoms with Crippen molar-refractivity contribution in [2.75, 3.05) is 6.61 Å². The SMILES string of the molecule is NC(CCO)c1cccc(CC#CCC2CCCC2)c1. The third kappa shape index (κ3) is 4.67. The molecular formula is C18H25NO. The zero-order chi connectivity index (χ0) is 14.2. The fourth-order valence-corrected chi connectivity index (χ4v) is 2.84. The molecular weight excluding hydrogens is 246 g/mol. The summed E-state index contributed by atoms with van der Waals surface area (Å²) in [5.74, 6) is 7.45. The Kier molecular flexibility index (Phi) is 6.11. The Balaban J connectivity index is 1.86. The molecule has 3 N–H and O–H groups in total. The van der Waals surface area contributed by atoms with Crippen LogP contribution in [0.2, 0.25) is 0 Å². The molecule has 1 fully saturated rings. The lowest BCUT2D eigenvalue weighted by molar-refractivity contribution is 0.276. The molecule has 0 heterocycles. The van der Waals surface area contributed by atoms with Gasteiger partial charge in [0.1, 0.15) is 0 Å². The molecule has 2 nitrogen and oxygen atoms in total. The van der Waals surface area contributed by atoms with Crippen LogP contribution in [0.15, 0.2) is 24.3 Å². The average Bonchev–Trinajstić information content (AvgIpc) is 2.97. The molecule has 20 heavy (non-hydrogen) atoms. The van der Waals surface area contributed by atoms with Crippen LogP contribution in [0.4, 0.5) is 0 Å². The minimum Gasteiger partial charge on any atom is -0.396 e. The summed E-state index contributed by atoms with van der Waals surface area (Å²) in [7, 11) is 0. The van der Waals surface area contributed by atoms with Crippen molar-refractivity contribution in [2.45, 2.75) is 51.0 Å². The predicted octanol–water partition coefficient (Wildman–Crippen LogP) is 3.20. The molecule has 2 rings (SSSR count). The highest BCUT2D eigenvalue weighted by Crippen LogP contribution is 2.26. The maximum Gasteiger partial charge on any atom is 0.0449 e. The normalized spacial score (nSPS) is 16.7. The van der Waals surface area contributed by atoms with E-state index in [1.54, 1.807) is 0 Å². The van der Waals surface area contributed by atoms with Crippen LogP contribution in [0.3, 0.4) is 0 Å². The number of benzene rings is 1. The summed E-state index contributed by atoms with van der Waals surface area (Å²) in [5, 5.41) is 8.94. The largest absolute Gasteiger partial charge is 0.396 e. The van der Waals surface area contributed by atoms with Crippen molar-refractivity contribution in [1.82, 2.24) is 0 Å². The molecule has 1 saturated carbocycles. The summed E-state index contributed by atoms with van der Waals surface area (Å²) < 4.78 is 0. The Morgan fingerprint density at radius 3 is 2.80 bits per heavy atom. The van der Waals surface area contributed by atoms with Gasteiger partial charge >= 0.3 is 0 Å². The molecule has 1 atom stereocenters. The van der Waals surface area contributed by atoms with Crippen molar-refractivity contribution in [3.05, 3.63) is 35.4 Å². The highest BCUT2D eigenvalue weighted by Gasteiger charge is 2.12. The summed E-state index contributed by atoms with van der Waals surface area (Å²) in [5.41, 5.74) is 8.33. The number of hydrogen-bond acceptors (Lipinski definition) is 2. The van der Waals surface area contributed by atoms with E-state index < -0.39 is 0 Å². The van der Waals surface area contributed by atoms with Crippen LogP contribution >= 0.6 is 0 Å². The number of hydrogen-bond donors (Lipinski definition) is 2. The zero-order valence-electron chi connectivity index (χ0n) is 12.1. The predicted molar refractivity (Wildman–Crippen MR) is 83.1 cm³/mol. The van der Waals surface area contributed by atoms with Crippen molar-refractivity contribution in [1.29, 1.82) is 0 Å². The standard InChI is InChI=1S/C18H25NO/c19-18(12-13-20)17-11-5-10-16(14-17)9-4-3-8-15-6-1-2-7-15/h5,10-11,14-15,18,20H,1-2,6-9,12-13,19H2. The number of aliphatic hydroxyl groups excluding tert-OH is 1. The van der Waals surface area contributed by atoms with Crippen LogP contribution in [0.1, 0.15) is 55.7 Å². The van der Waals surface area contributed by atoms with E-state index in [1.807, 2.05) is 12.1 Å². The van der Waals surface area contributed by atoms with E-state index in [0.29, 0.717) is 6.42 Å². The first kappa shape index (κ1) is 15.1. The van der Waals surface area contributed by atoms with Crippen molar-refractivity contribution in [3.8, 4) is 11.8 Å². The van der Waals surface area contributed by atoms with E-state index in [1.165, 1.54) is 31.2 Å². The molecule has 0 aliphatic heterocycles. The monoisotopic (exact) mass is 271 g/mol. The lowest BCUT2D eigenvalue weighted by Gasteiger charge is -2.11. The van der Waals surface area contributed by atoms with Gasteiger partial charge in [0.2, 0.25) is 0 Å². The van der Waals surface area contributed by atoms with E-state index in [9.17, 15) is 0 Å². The summed E-state index contributed by atoms with van der Waals surface area (Å²) in [6.45, 7) is 0.132. The van der Waals surface area contributed by atoms with Gasteiger partial charge in [0.15, 0.2) is 0 Å². The molecule has 0 amide bonds. The molecule has 1 aliphatic rings. The van der Waals surface area contributed by atoms with Gasteiger partial charge in [0, 0.05) is 25.5 Å². The Morgan fingerprint density at radius 2 is 2.05 bits per heavy atom. The van der Waals surface area contributed by atoms with E-state index in [2.05, 4.69) is 24.0 Å². The van der Waals surface area contributed by atoms with Gasteiger partial charge in [0.05, 0.1) is 0 Å². The lowest BCUT2D eigenvalue weighted by Crippen LogP contribution is -2.12. The first-order chi connectivity index (χ1) is 9.79. The quantitative estimate of drug-likeness (QED) is 0.808. The van der Waals surface area contributed by atoms with Gasteiger partial charge in [-0.2, -0.15) is 0 Å². The van der Waals surface area contributed by atoms with Gasteiger partial charge in [0.25, 0.3) is 0 Å². The van der Waals surface area contributed by atoms with Gasteiger partial charge < -0.3 is 10.8 Å². The first-order valence-electron chi connectivity index (χ1n) is 7.70. The summed E-state index contributed by atoms with van der Waals surface area (Å²) in [4.78, 5) is 0. The zero-order valence-corrected chi connectivity index (χ0v) is 12.1. The van der Waals surface area contributed by atoms with Crippen LogP contribution < -0.4 is 5.73 Å². The molecule has 0 saturated heterocycles. The minimum absolute atomic E-state index is 0.0774. The topological polar surface area (TPSA) is 46.2 Å². The molecule has 0 spiro atoms. The fraction of sp³-hybridized carbons (Fsp3) is 0.556. The van der Waals surface area contributed by atoms with Gasteiger partial charge in [-0.1, -0.05) is 43.0 Å². The van der Waals surface area contributed by atoms with Crippen LogP contribution in [0.25, 0.3) is 0 Å². The van der Waals surface area contributed by atoms with E-state index in [-0.39, 0.29) is 12.6 Å². The van der Waals surface area contributed by atoms with Gasteiger partial charge in [-0.25, -0.2) is 0 Å². The van der Waals surface area contributed by atoms with Crippen molar-refractivity contribution < 1.29 is 5.11 Å². The van der Waals surface area contributed by atoms with Crippen LogP contribution in [-0.4, -0.2) is 11.7 Å². The fourth-order valence-electron chi connectivity index (χ4n) is 2.84. The minimum atomic E-state index is -0.0774. The molecule has 0 bridgehead atoms. The molecule has 1 aromatic rings. The summed E-state index contributed by atoms with van der Waals surface area (Å²) in [6.07, 6.45) is 7.96. The Morgan fingerprint density at radius 1 is 1.25 bits per heavy atom. The second-order valence-electron chi connectivity index (χ2n) is 5.75. The molecule has 0 radical (unpaired) electrons. The maximum atomic E-state index is 8.94. The van der Waals surface area contributed by atoms with Crippen molar-refractivity contribution in [2.24, 2.45) is 11.7 Å². The average molecular weight is 271 g/mol. The van der Waals surface area contributed by atoms with Crippen molar-refractivity contribution >= 4 is 0 Å². The highest BCUT2D eigenvalue weighted by molar-refractivity contribution is 5.28. The smallest absolute Gasteiger partial charge is 0.0449 e. The molecule has 1 unspecified atom stereocenters. The third-order valence-corrected chi connectivity index (χ3v) is 4.10. The van der Waals surface area contributed by atoms with Gasteiger partial charge in [-0.05, 0) is 36.3 Å². The molecule has 1 aliphatic carbocycles. The molecule has 0 aromatic heterocycles. The van der Waals surface area contributed by atoms with Gasteiger partial charge in [-0.3, -0.25) is 0 Å². The Hall–Kier alpha value is -1.30. The van der Waals surface area contributed by atoms with Crippen LogP contribution in [0.5, 0.6) is 0 Å². The van der Waals surface area contributed by atoms with E-state index >= 15 is 0 Å². The third-order valence-electron chi connectivity index (χ3n) is 4.10. The second-order valence-corrected chi connectivity index (χ2v) is 5.75. The van der Waals surface area contributed by atoms with Gasteiger partial charge in [-0.15, -0.1) is 5.92 Å². The summed E-state index contributed by atoms with van der Waals surface area (Å²) in [6, 6.07) is 8.19. The number of aliphatic hydroxyl groups is 1. The lowest BCUT2D eigenvalue weighted by atomic mass is 10.0. The highest BCUT2D eigenvalue weighted by atomic mass is 16.3. The molecule has 2 heteroatoms. The molecule has 108 valence electrons. The van der Waals surface area contributed by atoms with E-state index in [4.69, 9.17) is 10.8 Å². The van der Waals surface area contributed by atoms with Crippen LogP contribution in [-0.2, 0) is 6.42 Å². The van der Waals surface area contributed by atoms with E-state index in [0.717, 1.165) is 24.3 Å². The summed E-state index contributed by atoms with van der Waals surface area (Å²) >= 11 is 0.